The molecule has 1 aliphatic heterocycles. The molecule has 0 saturated carbocycles. The van der Waals surface area contributed by atoms with Crippen molar-refractivity contribution in [2.45, 2.75) is 51.6 Å². The smallest absolute Gasteiger partial charge is 0.241 e. The van der Waals surface area contributed by atoms with E-state index in [4.69, 9.17) is 0 Å². The van der Waals surface area contributed by atoms with Gasteiger partial charge in [0.15, 0.2) is 0 Å². The Morgan fingerprint density at radius 1 is 1.06 bits per heavy atom. The molecule has 7 nitrogen and oxygen atoms in total. The molecule has 3 aromatic rings. The number of anilines is 1. The third-order valence-corrected chi connectivity index (χ3v) is 7.54. The maximum absolute atomic E-state index is 13.0. The molecule has 0 spiro atoms. The Bertz CT molecular complexity index is 1250. The second-order valence-electron chi connectivity index (χ2n) is 8.22. The quantitative estimate of drug-likeness (QED) is 0.595. The summed E-state index contributed by atoms with van der Waals surface area (Å²) < 4.78 is 30.7. The fraction of sp³-hybridized carbons (Fsp3) is 0.333. The van der Waals surface area contributed by atoms with Crippen molar-refractivity contribution in [3.63, 3.8) is 0 Å². The largest absolute Gasteiger partial charge is 0.312 e. The van der Waals surface area contributed by atoms with E-state index in [0.29, 0.717) is 25.1 Å². The van der Waals surface area contributed by atoms with E-state index in [-0.39, 0.29) is 17.3 Å². The molecule has 1 saturated heterocycles. The van der Waals surface area contributed by atoms with Crippen LogP contribution in [0.3, 0.4) is 0 Å². The fourth-order valence-electron chi connectivity index (χ4n) is 4.17. The number of benzene rings is 2. The average molecular weight is 453 g/mol. The average Bonchev–Trinajstić information content (AvgIpc) is 3.30. The highest BCUT2D eigenvalue weighted by atomic mass is 32.2. The van der Waals surface area contributed by atoms with Gasteiger partial charge in [0.1, 0.15) is 0 Å². The summed E-state index contributed by atoms with van der Waals surface area (Å²) in [6.45, 7) is 7.09. The number of carbonyl (C=O) groups is 1. The molecule has 32 heavy (non-hydrogen) atoms. The zero-order chi connectivity index (χ0) is 22.9. The van der Waals surface area contributed by atoms with Crippen molar-refractivity contribution in [2.24, 2.45) is 0 Å². The Hall–Kier alpha value is -2.97. The lowest BCUT2D eigenvalue weighted by atomic mass is 10.2. The van der Waals surface area contributed by atoms with E-state index in [9.17, 15) is 13.2 Å². The molecule has 0 atom stereocenters. The number of rotatable bonds is 7. The molecule has 1 N–H and O–H groups in total. The van der Waals surface area contributed by atoms with E-state index in [1.807, 2.05) is 48.9 Å². The fourth-order valence-corrected chi connectivity index (χ4v) is 5.39. The molecule has 2 aromatic carbocycles. The monoisotopic (exact) mass is 452 g/mol. The molecule has 4 rings (SSSR count). The summed E-state index contributed by atoms with van der Waals surface area (Å²) in [7, 11) is -3.72. The Labute approximate surface area is 189 Å². The Morgan fingerprint density at radius 3 is 2.47 bits per heavy atom. The van der Waals surface area contributed by atoms with Gasteiger partial charge in [0.05, 0.1) is 17.1 Å². The van der Waals surface area contributed by atoms with Crippen molar-refractivity contribution >= 4 is 21.6 Å². The van der Waals surface area contributed by atoms with Crippen LogP contribution in [0.1, 0.15) is 40.9 Å². The Balaban J connectivity index is 1.50. The number of aromatic nitrogens is 2. The molecule has 1 fully saturated rings. The first-order chi connectivity index (χ1) is 15.3. The summed E-state index contributed by atoms with van der Waals surface area (Å²) >= 11 is 0. The van der Waals surface area contributed by atoms with Gasteiger partial charge in [0, 0.05) is 36.5 Å². The molecule has 0 unspecified atom stereocenters. The van der Waals surface area contributed by atoms with Crippen LogP contribution in [0.2, 0.25) is 0 Å². The first-order valence-corrected chi connectivity index (χ1v) is 12.2. The van der Waals surface area contributed by atoms with Crippen LogP contribution in [0, 0.1) is 20.8 Å². The van der Waals surface area contributed by atoms with Gasteiger partial charge in [-0.1, -0.05) is 30.3 Å². The topological polar surface area (TPSA) is 84.3 Å². The molecule has 0 bridgehead atoms. The number of carbonyl (C=O) groups excluding carboxylic acids is 1. The summed E-state index contributed by atoms with van der Waals surface area (Å²) in [6, 6.07) is 15.1. The van der Waals surface area contributed by atoms with E-state index in [0.717, 1.165) is 34.6 Å². The SMILES string of the molecule is Cc1cc(N2CCCC2=O)ccc1S(=O)(=O)NCc1c(C)nn(Cc2ccccc2)c1C. The lowest BCUT2D eigenvalue weighted by Gasteiger charge is -2.18. The van der Waals surface area contributed by atoms with Crippen LogP contribution in [0.15, 0.2) is 53.4 Å². The van der Waals surface area contributed by atoms with E-state index < -0.39 is 10.0 Å². The van der Waals surface area contributed by atoms with E-state index in [1.54, 1.807) is 30.0 Å². The summed E-state index contributed by atoms with van der Waals surface area (Å²) in [5, 5.41) is 4.60. The Morgan fingerprint density at radius 2 is 1.81 bits per heavy atom. The standard InChI is InChI=1S/C24H28N4O3S/c1-17-14-21(27-13-7-10-24(27)29)11-12-23(17)32(30,31)25-15-22-18(2)26-28(19(22)3)16-20-8-5-4-6-9-20/h4-6,8-9,11-12,14,25H,7,10,13,15-16H2,1-3H3. The molecule has 0 radical (unpaired) electrons. The number of sulfonamides is 1. The number of hydrogen-bond acceptors (Lipinski definition) is 4. The molecule has 1 amide bonds. The highest BCUT2D eigenvalue weighted by Crippen LogP contribution is 2.26. The predicted molar refractivity (Wildman–Crippen MR) is 124 cm³/mol. The molecular formula is C24H28N4O3S. The van der Waals surface area contributed by atoms with Crippen LogP contribution in [0.5, 0.6) is 0 Å². The van der Waals surface area contributed by atoms with Gasteiger partial charge < -0.3 is 4.90 Å². The molecule has 1 aliphatic rings. The first kappa shape index (κ1) is 22.2. The summed E-state index contributed by atoms with van der Waals surface area (Å²) in [6.07, 6.45) is 1.37. The number of aryl methyl sites for hydroxylation is 2. The summed E-state index contributed by atoms with van der Waals surface area (Å²) in [5.74, 6) is 0.0802. The van der Waals surface area contributed by atoms with Crippen LogP contribution in [0.4, 0.5) is 5.69 Å². The molecular weight excluding hydrogens is 424 g/mol. The number of amides is 1. The Kier molecular flexibility index (Phi) is 6.17. The van der Waals surface area contributed by atoms with Crippen LogP contribution in [0.25, 0.3) is 0 Å². The van der Waals surface area contributed by atoms with Gasteiger partial charge in [0.2, 0.25) is 15.9 Å². The third-order valence-electron chi connectivity index (χ3n) is 5.98. The van der Waals surface area contributed by atoms with Crippen LogP contribution < -0.4 is 9.62 Å². The van der Waals surface area contributed by atoms with Crippen molar-refractivity contribution in [1.82, 2.24) is 14.5 Å². The molecule has 0 aliphatic carbocycles. The van der Waals surface area contributed by atoms with Gasteiger partial charge in [0.25, 0.3) is 0 Å². The van der Waals surface area contributed by atoms with Crippen molar-refractivity contribution in [3.8, 4) is 0 Å². The second-order valence-corrected chi connectivity index (χ2v) is 9.95. The summed E-state index contributed by atoms with van der Waals surface area (Å²) in [5.41, 5.74) is 5.12. The third kappa shape index (κ3) is 4.47. The number of nitrogens with one attached hydrogen (secondary N) is 1. The van der Waals surface area contributed by atoms with Gasteiger partial charge in [-0.2, -0.15) is 5.10 Å². The zero-order valence-corrected chi connectivity index (χ0v) is 19.4. The normalized spacial score (nSPS) is 14.3. The highest BCUT2D eigenvalue weighted by molar-refractivity contribution is 7.89. The lowest BCUT2D eigenvalue weighted by Crippen LogP contribution is -2.26. The van der Waals surface area contributed by atoms with Gasteiger partial charge in [-0.15, -0.1) is 0 Å². The molecule has 1 aromatic heterocycles. The maximum atomic E-state index is 13.0. The minimum absolute atomic E-state index is 0.0802. The lowest BCUT2D eigenvalue weighted by molar-refractivity contribution is -0.117. The minimum Gasteiger partial charge on any atom is -0.312 e. The van der Waals surface area contributed by atoms with E-state index in [1.165, 1.54) is 0 Å². The van der Waals surface area contributed by atoms with Gasteiger partial charge >= 0.3 is 0 Å². The molecule has 168 valence electrons. The van der Waals surface area contributed by atoms with Gasteiger partial charge in [-0.05, 0) is 56.5 Å². The van der Waals surface area contributed by atoms with Gasteiger partial charge in [-0.3, -0.25) is 9.48 Å². The van der Waals surface area contributed by atoms with Crippen molar-refractivity contribution in [1.29, 1.82) is 0 Å². The number of hydrogen-bond donors (Lipinski definition) is 1. The molecule has 2 heterocycles. The van der Waals surface area contributed by atoms with Crippen LogP contribution >= 0.6 is 0 Å². The van der Waals surface area contributed by atoms with Crippen molar-refractivity contribution < 1.29 is 13.2 Å². The minimum atomic E-state index is -3.72. The van der Waals surface area contributed by atoms with E-state index >= 15 is 0 Å². The van der Waals surface area contributed by atoms with Crippen molar-refractivity contribution in [2.75, 3.05) is 11.4 Å². The van der Waals surface area contributed by atoms with Crippen molar-refractivity contribution in [3.05, 3.63) is 76.6 Å². The molecule has 8 heteroatoms. The summed E-state index contributed by atoms with van der Waals surface area (Å²) in [4.78, 5) is 13.9. The number of nitrogens with zero attached hydrogens (tertiary/aromatic N) is 3. The maximum Gasteiger partial charge on any atom is 0.241 e. The van der Waals surface area contributed by atoms with Gasteiger partial charge in [-0.25, -0.2) is 13.1 Å². The van der Waals surface area contributed by atoms with Crippen LogP contribution in [-0.2, 0) is 27.9 Å². The second kappa shape index (κ2) is 8.88. The van der Waals surface area contributed by atoms with Crippen LogP contribution in [-0.4, -0.2) is 30.7 Å². The highest BCUT2D eigenvalue weighted by Gasteiger charge is 2.24. The predicted octanol–water partition coefficient (Wildman–Crippen LogP) is 3.46. The van der Waals surface area contributed by atoms with E-state index in [2.05, 4.69) is 9.82 Å². The zero-order valence-electron chi connectivity index (χ0n) is 18.6. The first-order valence-electron chi connectivity index (χ1n) is 10.7.